The van der Waals surface area contributed by atoms with Crippen molar-refractivity contribution >= 4 is 60.4 Å². The van der Waals surface area contributed by atoms with Gasteiger partial charge in [0.25, 0.3) is 15.9 Å². The van der Waals surface area contributed by atoms with E-state index in [2.05, 4.69) is 4.99 Å². The van der Waals surface area contributed by atoms with Gasteiger partial charge >= 0.3 is 0 Å². The molecule has 1 aromatic carbocycles. The summed E-state index contributed by atoms with van der Waals surface area (Å²) >= 11 is 8.30. The van der Waals surface area contributed by atoms with Gasteiger partial charge < -0.3 is 14.0 Å². The second kappa shape index (κ2) is 9.75. The molecule has 1 fully saturated rings. The second-order valence-corrected chi connectivity index (χ2v) is 12.3. The molecule has 12 heteroatoms. The number of halogens is 1. The van der Waals surface area contributed by atoms with Gasteiger partial charge in [-0.15, -0.1) is 11.3 Å². The summed E-state index contributed by atoms with van der Waals surface area (Å²) in [7, 11) is -0.504. The summed E-state index contributed by atoms with van der Waals surface area (Å²) < 4.78 is 41.7. The lowest BCUT2D eigenvalue weighted by molar-refractivity contribution is -0.122. The molecule has 33 heavy (non-hydrogen) atoms. The van der Waals surface area contributed by atoms with Gasteiger partial charge in [-0.2, -0.15) is 9.30 Å². The van der Waals surface area contributed by atoms with Crippen LogP contribution in [0.3, 0.4) is 0 Å². The van der Waals surface area contributed by atoms with Crippen molar-refractivity contribution in [1.29, 1.82) is 0 Å². The number of carbonyl (C=O) groups excluding carboxylic acids is 1. The summed E-state index contributed by atoms with van der Waals surface area (Å²) in [6.07, 6.45) is 1.18. The van der Waals surface area contributed by atoms with Crippen LogP contribution in [0.2, 0.25) is 4.34 Å². The van der Waals surface area contributed by atoms with E-state index in [4.69, 9.17) is 21.1 Å². The van der Waals surface area contributed by atoms with Crippen molar-refractivity contribution in [3.05, 3.63) is 33.4 Å². The number of nitrogens with zero attached hydrogens (tertiary/aromatic N) is 3. The van der Waals surface area contributed by atoms with E-state index in [-0.39, 0.29) is 16.7 Å². The molecular weight excluding hydrogens is 506 g/mol. The van der Waals surface area contributed by atoms with Crippen molar-refractivity contribution in [2.24, 2.45) is 10.9 Å². The average Bonchev–Trinajstić information content (AvgIpc) is 3.42. The van der Waals surface area contributed by atoms with Gasteiger partial charge in [0.05, 0.1) is 24.5 Å². The Balaban J connectivity index is 1.68. The maximum absolute atomic E-state index is 13.2. The first-order chi connectivity index (χ1) is 15.8. The number of benzene rings is 1. The first-order valence-corrected chi connectivity index (χ1v) is 13.8. The molecule has 178 valence electrons. The van der Waals surface area contributed by atoms with E-state index >= 15 is 0 Å². The lowest BCUT2D eigenvalue weighted by Crippen LogP contribution is -2.42. The number of thiophene rings is 1. The van der Waals surface area contributed by atoms with Gasteiger partial charge in [-0.3, -0.25) is 4.79 Å². The van der Waals surface area contributed by atoms with Gasteiger partial charge in [-0.05, 0) is 44.0 Å². The zero-order chi connectivity index (χ0) is 23.8. The molecular formula is C21H24ClN3O5S3. The number of amides is 1. The zero-order valence-electron chi connectivity index (χ0n) is 18.4. The number of hydrogen-bond acceptors (Lipinski definition) is 7. The van der Waals surface area contributed by atoms with Crippen LogP contribution in [0.25, 0.3) is 10.2 Å². The molecule has 1 atom stereocenters. The second-order valence-electron chi connectivity index (χ2n) is 7.49. The van der Waals surface area contributed by atoms with Crippen molar-refractivity contribution in [2.75, 3.05) is 27.3 Å². The molecule has 8 nitrogen and oxygen atoms in total. The van der Waals surface area contributed by atoms with Gasteiger partial charge in [0.2, 0.25) is 0 Å². The summed E-state index contributed by atoms with van der Waals surface area (Å²) in [5.74, 6) is 0.507. The number of ether oxygens (including phenoxy) is 2. The van der Waals surface area contributed by atoms with E-state index in [1.807, 2.05) is 23.6 Å². The van der Waals surface area contributed by atoms with Crippen LogP contribution in [-0.4, -0.2) is 50.5 Å². The fourth-order valence-electron chi connectivity index (χ4n) is 3.94. The summed E-state index contributed by atoms with van der Waals surface area (Å²) in [6, 6.07) is 6.71. The number of methoxy groups -OCH3 is 2. The standard InChI is InChI=1S/C21H24ClN3O5S3/c1-4-25-18-14(29-2)7-8-15(30-3)19(18)32-21(25)23-20(26)13-6-5-11-24(12-13)33(27,28)17-10-9-16(22)31-17/h7-10,13H,4-6,11-12H2,1-3H3. The smallest absolute Gasteiger partial charge is 0.252 e. The Hall–Kier alpha value is -1.92. The Labute approximate surface area is 205 Å². The van der Waals surface area contributed by atoms with Gasteiger partial charge in [0.1, 0.15) is 25.9 Å². The monoisotopic (exact) mass is 529 g/mol. The number of piperidine rings is 1. The molecule has 0 aliphatic carbocycles. The third kappa shape index (κ3) is 4.57. The zero-order valence-corrected chi connectivity index (χ0v) is 21.6. The number of hydrogen-bond donors (Lipinski definition) is 0. The van der Waals surface area contributed by atoms with Crippen LogP contribution in [0.15, 0.2) is 33.5 Å². The number of sulfonamides is 1. The highest BCUT2D eigenvalue weighted by Crippen LogP contribution is 2.35. The minimum absolute atomic E-state index is 0.101. The molecule has 1 aliphatic heterocycles. The largest absolute Gasteiger partial charge is 0.495 e. The maximum atomic E-state index is 13.2. The molecule has 1 aliphatic rings. The van der Waals surface area contributed by atoms with Crippen LogP contribution in [0.1, 0.15) is 19.8 Å². The Morgan fingerprint density at radius 1 is 1.18 bits per heavy atom. The van der Waals surface area contributed by atoms with Crippen molar-refractivity contribution in [3.8, 4) is 11.5 Å². The number of thiazole rings is 1. The highest BCUT2D eigenvalue weighted by atomic mass is 35.5. The van der Waals surface area contributed by atoms with Crippen LogP contribution in [-0.2, 0) is 21.4 Å². The normalized spacial score (nSPS) is 18.1. The van der Waals surface area contributed by atoms with Crippen molar-refractivity contribution in [2.45, 2.75) is 30.5 Å². The molecule has 0 spiro atoms. The fourth-order valence-corrected chi connectivity index (χ4v) is 8.31. The summed E-state index contributed by atoms with van der Waals surface area (Å²) in [6.45, 7) is 3.02. The summed E-state index contributed by atoms with van der Waals surface area (Å²) in [4.78, 5) is 18.1. The van der Waals surface area contributed by atoms with Crippen molar-refractivity contribution in [1.82, 2.24) is 8.87 Å². The maximum Gasteiger partial charge on any atom is 0.252 e. The molecule has 4 rings (SSSR count). The number of aryl methyl sites for hydroxylation is 1. The van der Waals surface area contributed by atoms with Gasteiger partial charge in [0.15, 0.2) is 4.80 Å². The van der Waals surface area contributed by atoms with E-state index in [0.29, 0.717) is 46.6 Å². The highest BCUT2D eigenvalue weighted by Gasteiger charge is 2.34. The van der Waals surface area contributed by atoms with E-state index in [1.165, 1.54) is 21.7 Å². The average molecular weight is 530 g/mol. The van der Waals surface area contributed by atoms with Crippen LogP contribution >= 0.6 is 34.3 Å². The molecule has 1 amide bonds. The topological polar surface area (TPSA) is 90.2 Å². The van der Waals surface area contributed by atoms with Gasteiger partial charge in [0, 0.05) is 19.6 Å². The van der Waals surface area contributed by atoms with Crippen LogP contribution in [0.5, 0.6) is 11.5 Å². The third-order valence-electron chi connectivity index (χ3n) is 5.59. The van der Waals surface area contributed by atoms with E-state index in [9.17, 15) is 13.2 Å². The molecule has 3 heterocycles. The van der Waals surface area contributed by atoms with E-state index in [0.717, 1.165) is 21.6 Å². The third-order valence-corrected chi connectivity index (χ3v) is 10.2. The first-order valence-electron chi connectivity index (χ1n) is 10.4. The lowest BCUT2D eigenvalue weighted by atomic mass is 9.99. The number of rotatable bonds is 6. The fraction of sp³-hybridized carbons (Fsp3) is 0.429. The highest BCUT2D eigenvalue weighted by molar-refractivity contribution is 7.91. The Morgan fingerprint density at radius 3 is 2.55 bits per heavy atom. The van der Waals surface area contributed by atoms with E-state index in [1.54, 1.807) is 20.3 Å². The molecule has 0 N–H and O–H groups in total. The molecule has 0 bridgehead atoms. The van der Waals surface area contributed by atoms with Crippen molar-refractivity contribution in [3.63, 3.8) is 0 Å². The van der Waals surface area contributed by atoms with Crippen LogP contribution < -0.4 is 14.3 Å². The molecule has 1 saturated heterocycles. The Morgan fingerprint density at radius 2 is 1.91 bits per heavy atom. The Kier molecular flexibility index (Phi) is 7.15. The SMILES string of the molecule is CCn1c(=NC(=O)C2CCCN(S(=O)(=O)c3ccc(Cl)s3)C2)sc2c(OC)ccc(OC)c21. The van der Waals surface area contributed by atoms with Crippen molar-refractivity contribution < 1.29 is 22.7 Å². The van der Waals surface area contributed by atoms with Gasteiger partial charge in [-0.25, -0.2) is 8.42 Å². The summed E-state index contributed by atoms with van der Waals surface area (Å²) in [5.41, 5.74) is 0.818. The van der Waals surface area contributed by atoms with Crippen LogP contribution in [0.4, 0.5) is 0 Å². The molecule has 0 radical (unpaired) electrons. The van der Waals surface area contributed by atoms with E-state index < -0.39 is 15.9 Å². The molecule has 1 unspecified atom stereocenters. The minimum atomic E-state index is -3.69. The van der Waals surface area contributed by atoms with Gasteiger partial charge in [-0.1, -0.05) is 22.9 Å². The molecule has 0 saturated carbocycles. The molecule has 2 aromatic heterocycles. The first kappa shape index (κ1) is 24.2. The minimum Gasteiger partial charge on any atom is -0.495 e. The van der Waals surface area contributed by atoms with Crippen LogP contribution in [0, 0.1) is 5.92 Å². The molecule has 3 aromatic rings. The number of aromatic nitrogens is 1. The number of fused-ring (bicyclic) bond motifs is 1. The quantitative estimate of drug-likeness (QED) is 0.481. The predicted octanol–water partition coefficient (Wildman–Crippen LogP) is 3.98. The lowest BCUT2D eigenvalue weighted by Gasteiger charge is -2.29. The number of carbonyl (C=O) groups is 1. The Bertz CT molecular complexity index is 1360. The predicted molar refractivity (Wildman–Crippen MR) is 130 cm³/mol. The summed E-state index contributed by atoms with van der Waals surface area (Å²) in [5, 5.41) is 0.